The molecule has 15 heavy (non-hydrogen) atoms. The largest absolute Gasteiger partial charge is 0.459 e. The van der Waals surface area contributed by atoms with E-state index in [1.807, 2.05) is 6.92 Å². The van der Waals surface area contributed by atoms with Crippen molar-refractivity contribution in [3.05, 3.63) is 0 Å². The molecule has 0 aromatic rings. The molecule has 1 saturated heterocycles. The molecule has 0 radical (unpaired) electrons. The van der Waals surface area contributed by atoms with Crippen LogP contribution in [0, 0.1) is 11.8 Å². The fourth-order valence-electron chi connectivity index (χ4n) is 2.06. The SMILES string of the molecule is CC(C)CCC1(C)CCCC(C)C(=O)O1. The lowest BCUT2D eigenvalue weighted by Gasteiger charge is -2.29. The van der Waals surface area contributed by atoms with Gasteiger partial charge >= 0.3 is 5.97 Å². The van der Waals surface area contributed by atoms with Gasteiger partial charge in [-0.1, -0.05) is 20.8 Å². The van der Waals surface area contributed by atoms with Crippen LogP contribution in [0.3, 0.4) is 0 Å². The van der Waals surface area contributed by atoms with Gasteiger partial charge in [0.15, 0.2) is 0 Å². The zero-order chi connectivity index (χ0) is 11.5. The Morgan fingerprint density at radius 1 is 1.53 bits per heavy atom. The van der Waals surface area contributed by atoms with Gasteiger partial charge < -0.3 is 4.74 Å². The quantitative estimate of drug-likeness (QED) is 0.669. The Balaban J connectivity index is 2.55. The Hall–Kier alpha value is -0.530. The molecule has 0 saturated carbocycles. The zero-order valence-corrected chi connectivity index (χ0v) is 10.5. The Morgan fingerprint density at radius 3 is 2.80 bits per heavy atom. The zero-order valence-electron chi connectivity index (χ0n) is 10.5. The van der Waals surface area contributed by atoms with Gasteiger partial charge in [-0.15, -0.1) is 0 Å². The summed E-state index contributed by atoms with van der Waals surface area (Å²) in [5.74, 6) is 0.769. The summed E-state index contributed by atoms with van der Waals surface area (Å²) in [6, 6.07) is 0. The van der Waals surface area contributed by atoms with Crippen molar-refractivity contribution in [1.82, 2.24) is 0 Å². The molecular weight excluding hydrogens is 188 g/mol. The van der Waals surface area contributed by atoms with Crippen LogP contribution in [-0.4, -0.2) is 11.6 Å². The van der Waals surface area contributed by atoms with Crippen LogP contribution < -0.4 is 0 Å². The summed E-state index contributed by atoms with van der Waals surface area (Å²) in [5, 5.41) is 0. The molecule has 0 N–H and O–H groups in total. The molecule has 2 atom stereocenters. The van der Waals surface area contributed by atoms with E-state index in [1.165, 1.54) is 0 Å². The standard InChI is InChI=1S/C13H24O2/c1-10(2)7-9-13(4)8-5-6-11(3)12(14)15-13/h10-11H,5-9H2,1-4H3. The summed E-state index contributed by atoms with van der Waals surface area (Å²) in [6.45, 7) is 8.48. The molecule has 2 heteroatoms. The van der Waals surface area contributed by atoms with Crippen molar-refractivity contribution in [3.63, 3.8) is 0 Å². The van der Waals surface area contributed by atoms with Crippen molar-refractivity contribution in [1.29, 1.82) is 0 Å². The van der Waals surface area contributed by atoms with Gasteiger partial charge in [-0.05, 0) is 44.9 Å². The van der Waals surface area contributed by atoms with Gasteiger partial charge in [-0.25, -0.2) is 0 Å². The van der Waals surface area contributed by atoms with Crippen LogP contribution in [0.1, 0.15) is 59.8 Å². The van der Waals surface area contributed by atoms with Gasteiger partial charge in [0.1, 0.15) is 5.60 Å². The molecule has 88 valence electrons. The Kier molecular flexibility index (Phi) is 4.18. The van der Waals surface area contributed by atoms with E-state index in [0.717, 1.165) is 32.1 Å². The minimum Gasteiger partial charge on any atom is -0.459 e. The molecule has 2 unspecified atom stereocenters. The number of ether oxygens (including phenoxy) is 1. The molecule has 0 bridgehead atoms. The molecule has 0 amide bonds. The lowest BCUT2D eigenvalue weighted by atomic mass is 9.90. The lowest BCUT2D eigenvalue weighted by Crippen LogP contribution is -2.31. The fraction of sp³-hybridized carbons (Fsp3) is 0.923. The third-order valence-corrected chi connectivity index (χ3v) is 3.34. The second kappa shape index (κ2) is 5.00. The average molecular weight is 212 g/mol. The Labute approximate surface area is 93.4 Å². The Morgan fingerprint density at radius 2 is 2.20 bits per heavy atom. The van der Waals surface area contributed by atoms with E-state index in [1.54, 1.807) is 0 Å². The number of esters is 1. The van der Waals surface area contributed by atoms with Crippen molar-refractivity contribution in [2.75, 3.05) is 0 Å². The van der Waals surface area contributed by atoms with Crippen LogP contribution in [0.4, 0.5) is 0 Å². The van der Waals surface area contributed by atoms with Crippen molar-refractivity contribution in [2.24, 2.45) is 11.8 Å². The monoisotopic (exact) mass is 212 g/mol. The highest BCUT2D eigenvalue weighted by Crippen LogP contribution is 2.31. The van der Waals surface area contributed by atoms with Gasteiger partial charge in [-0.2, -0.15) is 0 Å². The summed E-state index contributed by atoms with van der Waals surface area (Å²) >= 11 is 0. The maximum absolute atomic E-state index is 11.7. The number of carbonyl (C=O) groups is 1. The normalized spacial score (nSPS) is 32.6. The van der Waals surface area contributed by atoms with Crippen molar-refractivity contribution >= 4 is 5.97 Å². The first-order valence-corrected chi connectivity index (χ1v) is 6.16. The number of hydrogen-bond donors (Lipinski definition) is 0. The van der Waals surface area contributed by atoms with E-state index in [2.05, 4.69) is 20.8 Å². The minimum atomic E-state index is -0.202. The molecule has 0 spiro atoms. The second-order valence-electron chi connectivity index (χ2n) is 5.60. The molecule has 1 aliphatic rings. The molecule has 1 aliphatic heterocycles. The van der Waals surface area contributed by atoms with Gasteiger partial charge in [0.05, 0.1) is 5.92 Å². The third kappa shape index (κ3) is 3.84. The molecule has 0 aromatic carbocycles. The first-order chi connectivity index (χ1) is 6.93. The summed E-state index contributed by atoms with van der Waals surface area (Å²) < 4.78 is 5.62. The Bertz CT molecular complexity index is 223. The van der Waals surface area contributed by atoms with Crippen LogP contribution in [0.25, 0.3) is 0 Å². The van der Waals surface area contributed by atoms with E-state index >= 15 is 0 Å². The van der Waals surface area contributed by atoms with E-state index in [0.29, 0.717) is 5.92 Å². The predicted octanol–water partition coefficient (Wildman–Crippen LogP) is 3.54. The number of hydrogen-bond acceptors (Lipinski definition) is 2. The highest BCUT2D eigenvalue weighted by molar-refractivity contribution is 5.72. The van der Waals surface area contributed by atoms with Crippen molar-refractivity contribution in [3.8, 4) is 0 Å². The maximum Gasteiger partial charge on any atom is 0.309 e. The van der Waals surface area contributed by atoms with E-state index in [9.17, 15) is 4.79 Å². The summed E-state index contributed by atoms with van der Waals surface area (Å²) in [6.07, 6.45) is 5.26. The van der Waals surface area contributed by atoms with Gasteiger partial charge in [0.25, 0.3) is 0 Å². The van der Waals surface area contributed by atoms with E-state index < -0.39 is 0 Å². The van der Waals surface area contributed by atoms with Gasteiger partial charge in [-0.3, -0.25) is 4.79 Å². The molecule has 1 rings (SSSR count). The highest BCUT2D eigenvalue weighted by atomic mass is 16.6. The average Bonchev–Trinajstić information content (AvgIpc) is 2.25. The van der Waals surface area contributed by atoms with Crippen LogP contribution >= 0.6 is 0 Å². The van der Waals surface area contributed by atoms with E-state index in [-0.39, 0.29) is 17.5 Å². The number of cyclic esters (lactones) is 1. The molecule has 2 nitrogen and oxygen atoms in total. The first-order valence-electron chi connectivity index (χ1n) is 6.16. The van der Waals surface area contributed by atoms with Crippen LogP contribution in [0.15, 0.2) is 0 Å². The smallest absolute Gasteiger partial charge is 0.309 e. The lowest BCUT2D eigenvalue weighted by molar-refractivity contribution is -0.161. The number of rotatable bonds is 3. The van der Waals surface area contributed by atoms with Crippen LogP contribution in [-0.2, 0) is 9.53 Å². The van der Waals surface area contributed by atoms with E-state index in [4.69, 9.17) is 4.74 Å². The summed E-state index contributed by atoms with van der Waals surface area (Å²) in [4.78, 5) is 11.7. The van der Waals surface area contributed by atoms with Crippen molar-refractivity contribution < 1.29 is 9.53 Å². The molecule has 0 aliphatic carbocycles. The first kappa shape index (κ1) is 12.5. The maximum atomic E-state index is 11.7. The molecule has 1 heterocycles. The molecule has 0 aromatic heterocycles. The summed E-state index contributed by atoms with van der Waals surface area (Å²) in [7, 11) is 0. The van der Waals surface area contributed by atoms with Gasteiger partial charge in [0.2, 0.25) is 0 Å². The van der Waals surface area contributed by atoms with Crippen LogP contribution in [0.2, 0.25) is 0 Å². The molecule has 1 fully saturated rings. The summed E-state index contributed by atoms with van der Waals surface area (Å²) in [5.41, 5.74) is -0.202. The minimum absolute atomic E-state index is 0.00115. The second-order valence-corrected chi connectivity index (χ2v) is 5.60. The molecular formula is C13H24O2. The highest BCUT2D eigenvalue weighted by Gasteiger charge is 2.33. The van der Waals surface area contributed by atoms with Crippen LogP contribution in [0.5, 0.6) is 0 Å². The topological polar surface area (TPSA) is 26.3 Å². The van der Waals surface area contributed by atoms with Crippen molar-refractivity contribution in [2.45, 2.75) is 65.4 Å². The number of carbonyl (C=O) groups excluding carboxylic acids is 1. The third-order valence-electron chi connectivity index (χ3n) is 3.34. The van der Waals surface area contributed by atoms with Gasteiger partial charge in [0, 0.05) is 0 Å². The fourth-order valence-corrected chi connectivity index (χ4v) is 2.06. The predicted molar refractivity (Wildman–Crippen MR) is 61.6 cm³/mol.